The summed E-state index contributed by atoms with van der Waals surface area (Å²) in [5.74, 6) is -0.286. The average Bonchev–Trinajstić information content (AvgIpc) is 3.46. The molecule has 0 aliphatic carbocycles. The maximum absolute atomic E-state index is 11.9. The van der Waals surface area contributed by atoms with Gasteiger partial charge in [0.05, 0.1) is 24.8 Å². The molecular weight excluding hydrogens is 600 g/mol. The Morgan fingerprint density at radius 1 is 1.18 bits per heavy atom. The molecular formula is C19H33N5O13P2S-2. The summed E-state index contributed by atoms with van der Waals surface area (Å²) in [7, 11) is -7.88. The first-order valence-corrected chi connectivity index (χ1v) is 16.0. The lowest BCUT2D eigenvalue weighted by Crippen LogP contribution is -2.43. The molecule has 21 heteroatoms. The van der Waals surface area contributed by atoms with E-state index in [9.17, 15) is 38.4 Å². The van der Waals surface area contributed by atoms with E-state index < -0.39 is 59.3 Å². The van der Waals surface area contributed by atoms with Crippen molar-refractivity contribution in [1.29, 1.82) is 0 Å². The van der Waals surface area contributed by atoms with Crippen molar-refractivity contribution in [2.75, 3.05) is 33.2 Å². The van der Waals surface area contributed by atoms with Crippen molar-refractivity contribution in [2.45, 2.75) is 61.6 Å². The Balaban J connectivity index is 1.62. The molecule has 2 fully saturated rings. The number of rotatable bonds is 18. The molecule has 0 radical (unpaired) electrons. The van der Waals surface area contributed by atoms with Crippen LogP contribution in [0.15, 0.2) is 5.16 Å². The molecule has 6 unspecified atom stereocenters. The Bertz CT molecular complexity index is 992. The number of aliphatic hydroxyl groups excluding tert-OH is 1. The number of nitrogens with zero attached hydrogens (tertiary/aromatic N) is 1. The van der Waals surface area contributed by atoms with E-state index in [2.05, 4.69) is 44.7 Å². The third-order valence-corrected chi connectivity index (χ3v) is 9.05. The van der Waals surface area contributed by atoms with Gasteiger partial charge in [0.1, 0.15) is 6.10 Å². The Morgan fingerprint density at radius 3 is 2.58 bits per heavy atom. The van der Waals surface area contributed by atoms with Crippen LogP contribution in [0, 0.1) is 0 Å². The van der Waals surface area contributed by atoms with Crippen molar-refractivity contribution in [3.8, 4) is 0 Å². The predicted octanol–water partition coefficient (Wildman–Crippen LogP) is -1.76. The first-order valence-electron chi connectivity index (χ1n) is 12.0. The van der Waals surface area contributed by atoms with Crippen molar-refractivity contribution >= 4 is 51.5 Å². The number of hydrazine groups is 1. The van der Waals surface area contributed by atoms with E-state index in [0.29, 0.717) is 11.7 Å². The van der Waals surface area contributed by atoms with E-state index >= 15 is 0 Å². The molecule has 2 rings (SSSR count). The summed E-state index contributed by atoms with van der Waals surface area (Å²) in [5.41, 5.74) is 4.39. The molecule has 2 heterocycles. The van der Waals surface area contributed by atoms with Crippen LogP contribution in [0.25, 0.3) is 0 Å². The molecule has 0 spiro atoms. The van der Waals surface area contributed by atoms with Crippen molar-refractivity contribution in [3.63, 3.8) is 0 Å². The number of carbonyl (C=O) groups is 3. The molecule has 4 amide bonds. The summed E-state index contributed by atoms with van der Waals surface area (Å²) in [6, 6.07) is 0.0937. The van der Waals surface area contributed by atoms with Crippen molar-refractivity contribution in [3.05, 3.63) is 0 Å². The molecule has 2 saturated heterocycles. The van der Waals surface area contributed by atoms with Gasteiger partial charge in [-0.05, 0) is 12.8 Å². The second kappa shape index (κ2) is 16.6. The normalized spacial score (nSPS) is 24.7. The maximum Gasteiger partial charge on any atom is 0.315 e. The number of phosphoric ester groups is 2. The lowest BCUT2D eigenvalue weighted by atomic mass is 10.0. The molecule has 0 aromatic rings. The average molecular weight is 634 g/mol. The summed E-state index contributed by atoms with van der Waals surface area (Å²) in [6.45, 7) is -1.50. The Hall–Kier alpha value is -1.79. The molecule has 0 aromatic carbocycles. The van der Waals surface area contributed by atoms with E-state index in [4.69, 9.17) is 4.84 Å². The van der Waals surface area contributed by atoms with Crippen LogP contribution < -0.4 is 31.3 Å². The number of carbonyl (C=O) groups excluding carboxylic acids is 3. The largest absolute Gasteiger partial charge is 0.756 e. The van der Waals surface area contributed by atoms with Crippen LogP contribution in [0.3, 0.4) is 0 Å². The van der Waals surface area contributed by atoms with Gasteiger partial charge in [0.25, 0.3) is 21.6 Å². The molecule has 0 aromatic heterocycles. The Kier molecular flexibility index (Phi) is 14.3. The summed E-state index contributed by atoms with van der Waals surface area (Å²) in [5, 5.41) is 19.6. The van der Waals surface area contributed by atoms with Gasteiger partial charge in [0.15, 0.2) is 6.61 Å². The minimum absolute atomic E-state index is 0.101. The lowest BCUT2D eigenvalue weighted by Gasteiger charge is -2.30. The van der Waals surface area contributed by atoms with Crippen molar-refractivity contribution in [1.82, 2.24) is 21.5 Å². The molecule has 5 N–H and O–H groups in total. The van der Waals surface area contributed by atoms with Crippen LogP contribution in [0.2, 0.25) is 0 Å². The van der Waals surface area contributed by atoms with Gasteiger partial charge in [-0.15, -0.1) is 0 Å². The van der Waals surface area contributed by atoms with E-state index in [-0.39, 0.29) is 24.5 Å². The van der Waals surface area contributed by atoms with E-state index in [0.717, 1.165) is 39.0 Å². The minimum atomic E-state index is -4.84. The quantitative estimate of drug-likeness (QED) is 0.0369. The monoisotopic (exact) mass is 633 g/mol. The van der Waals surface area contributed by atoms with E-state index in [1.165, 1.54) is 0 Å². The highest BCUT2D eigenvalue weighted by Crippen LogP contribution is 2.41. The van der Waals surface area contributed by atoms with Crippen LogP contribution in [-0.2, 0) is 41.7 Å². The molecule has 40 heavy (non-hydrogen) atoms. The second-order valence-electron chi connectivity index (χ2n) is 8.53. The molecule has 2 aliphatic heterocycles. The SMILES string of the molecule is COP(=O)([O-])OC[C@@H](O)C(C/C=N/OCC(=O)NNC(=O)CCCCC1SCC2NC(=O)NC21)OP(=O)([O-])OC. The third-order valence-electron chi connectivity index (χ3n) is 5.65. The number of thioether (sulfide) groups is 1. The first-order chi connectivity index (χ1) is 18.9. The van der Waals surface area contributed by atoms with Crippen molar-refractivity contribution < 1.29 is 61.3 Å². The highest BCUT2D eigenvalue weighted by molar-refractivity contribution is 8.00. The fourth-order valence-corrected chi connectivity index (χ4v) is 6.24. The van der Waals surface area contributed by atoms with E-state index in [1.54, 1.807) is 11.8 Å². The summed E-state index contributed by atoms with van der Waals surface area (Å²) >= 11 is 1.79. The van der Waals surface area contributed by atoms with Gasteiger partial charge in [0, 0.05) is 44.3 Å². The second-order valence-corrected chi connectivity index (χ2v) is 12.8. The summed E-state index contributed by atoms with van der Waals surface area (Å²) < 4.78 is 40.1. The van der Waals surface area contributed by atoms with Gasteiger partial charge >= 0.3 is 6.03 Å². The topological polar surface area (TPSA) is 258 Å². The van der Waals surface area contributed by atoms with E-state index in [1.807, 2.05) is 0 Å². The Morgan fingerprint density at radius 2 is 1.88 bits per heavy atom. The number of amides is 4. The van der Waals surface area contributed by atoms with Gasteiger partial charge < -0.3 is 48.5 Å². The fourth-order valence-electron chi connectivity index (χ4n) is 3.61. The Labute approximate surface area is 234 Å². The minimum Gasteiger partial charge on any atom is -0.756 e. The predicted molar refractivity (Wildman–Crippen MR) is 135 cm³/mol. The smallest absolute Gasteiger partial charge is 0.315 e. The number of hydrogen-bond donors (Lipinski definition) is 5. The van der Waals surface area contributed by atoms with Crippen LogP contribution in [0.5, 0.6) is 0 Å². The molecule has 230 valence electrons. The summed E-state index contributed by atoms with van der Waals surface area (Å²) in [4.78, 5) is 62.7. The highest BCUT2D eigenvalue weighted by Gasteiger charge is 2.42. The summed E-state index contributed by atoms with van der Waals surface area (Å²) in [6.07, 6.45) is -0.415. The van der Waals surface area contributed by atoms with Crippen LogP contribution in [0.4, 0.5) is 4.79 Å². The van der Waals surface area contributed by atoms with Gasteiger partial charge in [0.2, 0.25) is 5.91 Å². The van der Waals surface area contributed by atoms with Gasteiger partial charge in [-0.2, -0.15) is 11.8 Å². The number of hydrogen-bond acceptors (Lipinski definition) is 15. The maximum atomic E-state index is 11.9. The number of phosphoric acid groups is 2. The zero-order valence-electron chi connectivity index (χ0n) is 21.7. The van der Waals surface area contributed by atoms with Gasteiger partial charge in [-0.1, -0.05) is 11.6 Å². The molecule has 18 nitrogen and oxygen atoms in total. The zero-order chi connectivity index (χ0) is 29.8. The first kappa shape index (κ1) is 34.4. The number of oxime groups is 1. The number of urea groups is 1. The van der Waals surface area contributed by atoms with Crippen LogP contribution >= 0.6 is 27.4 Å². The highest BCUT2D eigenvalue weighted by atomic mass is 32.2. The van der Waals surface area contributed by atoms with Gasteiger partial charge in [-0.3, -0.25) is 29.6 Å². The van der Waals surface area contributed by atoms with Gasteiger partial charge in [-0.25, -0.2) is 4.79 Å². The number of fused-ring (bicyclic) bond motifs is 1. The number of nitrogens with one attached hydrogen (secondary N) is 4. The lowest BCUT2D eigenvalue weighted by molar-refractivity contribution is -0.233. The molecule has 0 saturated carbocycles. The molecule has 0 bridgehead atoms. The zero-order valence-corrected chi connectivity index (χ0v) is 24.3. The van der Waals surface area contributed by atoms with Crippen molar-refractivity contribution in [2.24, 2.45) is 5.16 Å². The number of aliphatic hydroxyl groups is 1. The third kappa shape index (κ3) is 12.4. The molecule has 2 aliphatic rings. The molecule has 7 atom stereocenters. The number of unbranched alkanes of at least 4 members (excludes halogenated alkanes) is 1. The van der Waals surface area contributed by atoms with Crippen LogP contribution in [-0.4, -0.2) is 91.9 Å². The van der Waals surface area contributed by atoms with Crippen LogP contribution in [0.1, 0.15) is 32.1 Å². The standard InChI is InChI=1S/C19H35N5O13P2S/c1-33-38(29,30)36-9-13(25)14(37-39(31,32)34-2)7-8-20-35-10-17(27)24-23-16(26)6-4-3-5-15-18-12(11-40-15)21-19(28)22-18/h8,12-15,18,25H,3-7,9-11H2,1-2H3,(H,23,26)(H,24,27)(H,29,30)(H,31,32)(H2,21,22,28)/p-2/b20-8+/t12?,13-,14?,15?,18?/m1/s1. The fraction of sp³-hybridized carbons (Fsp3) is 0.789.